The number of sulfonamides is 1. The lowest BCUT2D eigenvalue weighted by Crippen LogP contribution is -2.41. The van der Waals surface area contributed by atoms with Gasteiger partial charge in [0.05, 0.1) is 0 Å². The fourth-order valence-electron chi connectivity index (χ4n) is 3.43. The number of aromatic nitrogens is 2. The largest absolute Gasteiger partial charge is 0.441 e. The molecule has 1 aliphatic heterocycles. The third kappa shape index (κ3) is 3.98. The number of hydrogen-bond acceptors (Lipinski definition) is 6. The third-order valence-electron chi connectivity index (χ3n) is 4.93. The summed E-state index contributed by atoms with van der Waals surface area (Å²) in [5.41, 5.74) is 1.97. The van der Waals surface area contributed by atoms with E-state index in [2.05, 4.69) is 15.3 Å². The van der Waals surface area contributed by atoms with Crippen molar-refractivity contribution in [3.63, 3.8) is 0 Å². The highest BCUT2D eigenvalue weighted by Gasteiger charge is 2.33. The molecule has 29 heavy (non-hydrogen) atoms. The minimum absolute atomic E-state index is 0.0132. The fraction of sp³-hybridized carbons (Fsp3) is 0.316. The number of nitrogens with zero attached hydrogens (tertiary/aromatic N) is 3. The zero-order chi connectivity index (χ0) is 20.6. The first-order valence-electron chi connectivity index (χ1n) is 9.13. The molecule has 0 saturated carbocycles. The predicted molar refractivity (Wildman–Crippen MR) is 108 cm³/mol. The molecular weight excluding hydrogens is 416 g/mol. The smallest absolute Gasteiger partial charge is 0.246 e. The van der Waals surface area contributed by atoms with Gasteiger partial charge in [-0.25, -0.2) is 18.4 Å². The lowest BCUT2D eigenvalue weighted by Gasteiger charge is -2.30. The third-order valence-corrected chi connectivity index (χ3v) is 7.27. The van der Waals surface area contributed by atoms with Crippen molar-refractivity contribution < 1.29 is 17.6 Å². The Morgan fingerprint density at radius 3 is 2.76 bits per heavy atom. The van der Waals surface area contributed by atoms with Crippen LogP contribution in [0.1, 0.15) is 18.7 Å². The molecule has 0 spiro atoms. The number of pyridine rings is 1. The average Bonchev–Trinajstić information content (AvgIpc) is 3.07. The van der Waals surface area contributed by atoms with Crippen LogP contribution in [0.25, 0.3) is 11.1 Å². The number of carbonyl (C=O) groups is 1. The minimum atomic E-state index is -3.73. The first-order chi connectivity index (χ1) is 13.8. The highest BCUT2D eigenvalue weighted by molar-refractivity contribution is 7.89. The SMILES string of the molecule is Cc1nc2cc(NC(=O)C3CCN(S(=O)(=O)c4cccnc4Cl)CC3)ccc2o1. The molecular formula is C19H19ClN4O4S. The molecule has 1 fully saturated rings. The van der Waals surface area contributed by atoms with E-state index in [9.17, 15) is 13.2 Å². The Labute approximate surface area is 172 Å². The second kappa shape index (κ2) is 7.74. The van der Waals surface area contributed by atoms with E-state index in [0.717, 1.165) is 0 Å². The Morgan fingerprint density at radius 1 is 1.28 bits per heavy atom. The van der Waals surface area contributed by atoms with Crippen LogP contribution >= 0.6 is 11.6 Å². The van der Waals surface area contributed by atoms with Crippen LogP contribution in [-0.4, -0.2) is 41.7 Å². The molecule has 3 aromatic rings. The Kier molecular flexibility index (Phi) is 5.28. The number of rotatable bonds is 4. The van der Waals surface area contributed by atoms with Gasteiger partial charge in [0.15, 0.2) is 11.5 Å². The van der Waals surface area contributed by atoms with Gasteiger partial charge in [0.1, 0.15) is 15.6 Å². The monoisotopic (exact) mass is 434 g/mol. The van der Waals surface area contributed by atoms with Crippen LogP contribution in [0.5, 0.6) is 0 Å². The van der Waals surface area contributed by atoms with Gasteiger partial charge < -0.3 is 9.73 Å². The maximum Gasteiger partial charge on any atom is 0.246 e. The van der Waals surface area contributed by atoms with Gasteiger partial charge in [0.25, 0.3) is 0 Å². The zero-order valence-corrected chi connectivity index (χ0v) is 17.2. The van der Waals surface area contributed by atoms with Gasteiger partial charge in [-0.1, -0.05) is 11.6 Å². The molecule has 0 bridgehead atoms. The lowest BCUT2D eigenvalue weighted by molar-refractivity contribution is -0.120. The summed E-state index contributed by atoms with van der Waals surface area (Å²) < 4.78 is 32.4. The van der Waals surface area contributed by atoms with E-state index < -0.39 is 10.0 Å². The molecule has 0 atom stereocenters. The number of amides is 1. The van der Waals surface area contributed by atoms with E-state index in [0.29, 0.717) is 35.5 Å². The van der Waals surface area contributed by atoms with Crippen molar-refractivity contribution >= 4 is 44.3 Å². The van der Waals surface area contributed by atoms with Crippen molar-refractivity contribution in [2.75, 3.05) is 18.4 Å². The van der Waals surface area contributed by atoms with E-state index in [1.165, 1.54) is 22.6 Å². The van der Waals surface area contributed by atoms with Crippen molar-refractivity contribution in [1.82, 2.24) is 14.3 Å². The number of fused-ring (bicyclic) bond motifs is 1. The minimum Gasteiger partial charge on any atom is -0.441 e. The van der Waals surface area contributed by atoms with Crippen molar-refractivity contribution in [3.05, 3.63) is 47.6 Å². The summed E-state index contributed by atoms with van der Waals surface area (Å²) in [5.74, 6) is 0.146. The summed E-state index contributed by atoms with van der Waals surface area (Å²) in [4.78, 5) is 20.7. The highest BCUT2D eigenvalue weighted by atomic mass is 35.5. The standard InChI is InChI=1S/C19H19ClN4O4S/c1-12-22-15-11-14(4-5-16(15)28-12)23-19(25)13-6-9-24(10-7-13)29(26,27)17-3-2-8-21-18(17)20/h2-5,8,11,13H,6-7,9-10H2,1H3,(H,23,25). The van der Waals surface area contributed by atoms with Crippen LogP contribution in [0.15, 0.2) is 45.8 Å². The molecule has 3 heterocycles. The predicted octanol–water partition coefficient (Wildman–Crippen LogP) is 3.22. The average molecular weight is 435 g/mol. The number of hydrogen-bond donors (Lipinski definition) is 1. The van der Waals surface area contributed by atoms with Gasteiger partial charge in [0.2, 0.25) is 15.9 Å². The summed E-state index contributed by atoms with van der Waals surface area (Å²) in [6.07, 6.45) is 2.29. The molecule has 2 aromatic heterocycles. The van der Waals surface area contributed by atoms with Crippen molar-refractivity contribution in [2.24, 2.45) is 5.92 Å². The number of aryl methyl sites for hydroxylation is 1. The van der Waals surface area contributed by atoms with Crippen LogP contribution in [0.3, 0.4) is 0 Å². The molecule has 0 unspecified atom stereocenters. The zero-order valence-electron chi connectivity index (χ0n) is 15.6. The Bertz CT molecular complexity index is 1170. The number of piperidine rings is 1. The van der Waals surface area contributed by atoms with E-state index in [-0.39, 0.29) is 35.0 Å². The van der Waals surface area contributed by atoms with Gasteiger partial charge in [-0.15, -0.1) is 0 Å². The molecule has 152 valence electrons. The number of oxazole rings is 1. The number of halogens is 1. The van der Waals surface area contributed by atoms with Crippen LogP contribution in [-0.2, 0) is 14.8 Å². The highest BCUT2D eigenvalue weighted by Crippen LogP contribution is 2.28. The maximum absolute atomic E-state index is 12.8. The molecule has 4 rings (SSSR count). The second-order valence-corrected chi connectivity index (χ2v) is 9.14. The van der Waals surface area contributed by atoms with Gasteiger partial charge in [-0.3, -0.25) is 4.79 Å². The number of benzene rings is 1. The summed E-state index contributed by atoms with van der Waals surface area (Å²) in [5, 5.41) is 2.84. The molecule has 1 amide bonds. The van der Waals surface area contributed by atoms with E-state index in [1.54, 1.807) is 25.1 Å². The van der Waals surface area contributed by atoms with E-state index in [4.69, 9.17) is 16.0 Å². The van der Waals surface area contributed by atoms with E-state index >= 15 is 0 Å². The molecule has 10 heteroatoms. The van der Waals surface area contributed by atoms with Crippen LogP contribution in [0.4, 0.5) is 5.69 Å². The lowest BCUT2D eigenvalue weighted by atomic mass is 9.97. The summed E-state index contributed by atoms with van der Waals surface area (Å²) in [7, 11) is -3.73. The number of anilines is 1. The van der Waals surface area contributed by atoms with Crippen molar-refractivity contribution in [2.45, 2.75) is 24.7 Å². The topological polar surface area (TPSA) is 105 Å². The quantitative estimate of drug-likeness (QED) is 0.632. The normalized spacial score (nSPS) is 16.2. The number of nitrogens with one attached hydrogen (secondary N) is 1. The second-order valence-electron chi connectivity index (χ2n) is 6.88. The van der Waals surface area contributed by atoms with Crippen molar-refractivity contribution in [1.29, 1.82) is 0 Å². The fourth-order valence-corrected chi connectivity index (χ4v) is 5.32. The Balaban J connectivity index is 1.41. The molecule has 0 aliphatic carbocycles. The van der Waals surface area contributed by atoms with Gasteiger partial charge in [0, 0.05) is 37.8 Å². The van der Waals surface area contributed by atoms with Gasteiger partial charge in [-0.05, 0) is 43.2 Å². The van der Waals surface area contributed by atoms with E-state index in [1.807, 2.05) is 0 Å². The summed E-state index contributed by atoms with van der Waals surface area (Å²) >= 11 is 5.95. The molecule has 8 nitrogen and oxygen atoms in total. The van der Waals surface area contributed by atoms with Gasteiger partial charge in [-0.2, -0.15) is 4.31 Å². The summed E-state index contributed by atoms with van der Waals surface area (Å²) in [6, 6.07) is 8.25. The molecule has 1 aliphatic rings. The first kappa shape index (κ1) is 19.8. The van der Waals surface area contributed by atoms with Gasteiger partial charge >= 0.3 is 0 Å². The van der Waals surface area contributed by atoms with Crippen LogP contribution in [0, 0.1) is 12.8 Å². The molecule has 0 radical (unpaired) electrons. The molecule has 1 N–H and O–H groups in total. The van der Waals surface area contributed by atoms with Crippen LogP contribution < -0.4 is 5.32 Å². The summed E-state index contributed by atoms with van der Waals surface area (Å²) in [6.45, 7) is 2.25. The molecule has 1 saturated heterocycles. The number of carbonyl (C=O) groups excluding carboxylic acids is 1. The Hall–Kier alpha value is -2.49. The Morgan fingerprint density at radius 2 is 2.03 bits per heavy atom. The molecule has 1 aromatic carbocycles. The van der Waals surface area contributed by atoms with Crippen LogP contribution in [0.2, 0.25) is 5.15 Å². The van der Waals surface area contributed by atoms with Crippen molar-refractivity contribution in [3.8, 4) is 0 Å². The first-order valence-corrected chi connectivity index (χ1v) is 10.9. The maximum atomic E-state index is 12.8.